The van der Waals surface area contributed by atoms with E-state index in [0.29, 0.717) is 0 Å². The first kappa shape index (κ1) is 13.9. The monoisotopic (exact) mass is 282 g/mol. The number of fused-ring (bicyclic) bond motifs is 1. The van der Waals surface area contributed by atoms with E-state index in [1.165, 1.54) is 7.11 Å². The van der Waals surface area contributed by atoms with Crippen molar-refractivity contribution in [1.29, 1.82) is 0 Å². The molecule has 0 amide bonds. The molecule has 20 heavy (non-hydrogen) atoms. The molecule has 6 heteroatoms. The summed E-state index contributed by atoms with van der Waals surface area (Å²) in [6.07, 6.45) is -4.76. The molecule has 110 valence electrons. The highest BCUT2D eigenvalue weighted by Crippen LogP contribution is 2.33. The van der Waals surface area contributed by atoms with Crippen LogP contribution < -0.4 is 0 Å². The van der Waals surface area contributed by atoms with Gasteiger partial charge in [0.1, 0.15) is 24.4 Å². The zero-order valence-corrected chi connectivity index (χ0v) is 11.1. The van der Waals surface area contributed by atoms with Crippen LogP contribution in [0.15, 0.2) is 30.3 Å². The van der Waals surface area contributed by atoms with Crippen molar-refractivity contribution in [2.24, 2.45) is 0 Å². The fraction of sp³-hybridized carbons (Fsp3) is 0.571. The molecule has 1 aromatic carbocycles. The van der Waals surface area contributed by atoms with Crippen molar-refractivity contribution in [2.45, 2.75) is 37.0 Å². The van der Waals surface area contributed by atoms with Gasteiger partial charge in [-0.15, -0.1) is 0 Å². The molecule has 0 spiro atoms. The van der Waals surface area contributed by atoms with Gasteiger partial charge in [-0.3, -0.25) is 0 Å². The van der Waals surface area contributed by atoms with Gasteiger partial charge in [0.25, 0.3) is 0 Å². The molecule has 3 rings (SSSR count). The first-order valence-electron chi connectivity index (χ1n) is 6.57. The lowest BCUT2D eigenvalue weighted by molar-refractivity contribution is -0.358. The van der Waals surface area contributed by atoms with Gasteiger partial charge in [-0.1, -0.05) is 30.3 Å². The Morgan fingerprint density at radius 2 is 1.85 bits per heavy atom. The van der Waals surface area contributed by atoms with Crippen LogP contribution in [0.2, 0.25) is 0 Å². The second-order valence-electron chi connectivity index (χ2n) is 4.94. The molecule has 6 nitrogen and oxygen atoms in total. The van der Waals surface area contributed by atoms with Crippen LogP contribution in [0, 0.1) is 0 Å². The summed E-state index contributed by atoms with van der Waals surface area (Å²) >= 11 is 0. The van der Waals surface area contributed by atoms with E-state index in [0.717, 1.165) is 5.56 Å². The van der Waals surface area contributed by atoms with E-state index in [1.807, 2.05) is 30.3 Å². The lowest BCUT2D eigenvalue weighted by Crippen LogP contribution is -2.62. The lowest BCUT2D eigenvalue weighted by Gasteiger charge is -2.45. The summed E-state index contributed by atoms with van der Waals surface area (Å²) in [5.74, 6) is 0. The van der Waals surface area contributed by atoms with Gasteiger partial charge in [0, 0.05) is 12.7 Å². The quantitative estimate of drug-likeness (QED) is 0.806. The van der Waals surface area contributed by atoms with Gasteiger partial charge in [-0.2, -0.15) is 0 Å². The molecule has 0 aliphatic carbocycles. The summed E-state index contributed by atoms with van der Waals surface area (Å²) in [4.78, 5) is 0. The standard InChI is InChI=1S/C14H18O6/c1-17-14-11(16)10(15)12-9(19-14)7-18-13(20-12)8-5-3-2-4-6-8/h2-6,9-16H,7H2,1H3/t9-,10-,11-,12+,13-,14+/m1/s1. The van der Waals surface area contributed by atoms with E-state index < -0.39 is 37.0 Å². The van der Waals surface area contributed by atoms with Crippen LogP contribution in [-0.2, 0) is 18.9 Å². The molecule has 0 unspecified atom stereocenters. The molecule has 0 saturated carbocycles. The Bertz CT molecular complexity index is 437. The molecule has 6 atom stereocenters. The maximum Gasteiger partial charge on any atom is 0.186 e. The van der Waals surface area contributed by atoms with Crippen LogP contribution in [0.1, 0.15) is 11.9 Å². The summed E-state index contributed by atoms with van der Waals surface area (Å²) in [5, 5.41) is 20.1. The number of benzene rings is 1. The van der Waals surface area contributed by atoms with E-state index in [1.54, 1.807) is 0 Å². The molecule has 2 heterocycles. The molecule has 1 aromatic rings. The number of methoxy groups -OCH3 is 1. The van der Waals surface area contributed by atoms with Gasteiger partial charge >= 0.3 is 0 Å². The van der Waals surface area contributed by atoms with E-state index >= 15 is 0 Å². The van der Waals surface area contributed by atoms with Crippen molar-refractivity contribution in [1.82, 2.24) is 0 Å². The molecule has 0 bridgehead atoms. The minimum atomic E-state index is -1.14. The fourth-order valence-corrected chi connectivity index (χ4v) is 2.55. The van der Waals surface area contributed by atoms with Crippen LogP contribution in [0.25, 0.3) is 0 Å². The van der Waals surface area contributed by atoms with Gasteiger partial charge in [0.2, 0.25) is 0 Å². The summed E-state index contributed by atoms with van der Waals surface area (Å²) in [6, 6.07) is 9.45. The van der Waals surface area contributed by atoms with Gasteiger partial charge < -0.3 is 29.2 Å². The number of hydrogen-bond donors (Lipinski definition) is 2. The molecule has 2 aliphatic heterocycles. The normalized spacial score (nSPS) is 41.1. The van der Waals surface area contributed by atoms with Crippen LogP contribution in [0.5, 0.6) is 0 Å². The third kappa shape index (κ3) is 2.46. The molecule has 0 aromatic heterocycles. The molecular formula is C14H18O6. The van der Waals surface area contributed by atoms with Crippen molar-refractivity contribution in [3.63, 3.8) is 0 Å². The Hall–Kier alpha value is -1.02. The molecule has 0 radical (unpaired) electrons. The SMILES string of the molecule is CO[C@H]1O[C@@H]2CO[C@@H](c3ccccc3)O[C@@H]2[C@H](O)[C@H]1O. The van der Waals surface area contributed by atoms with Gasteiger partial charge in [-0.25, -0.2) is 0 Å². The van der Waals surface area contributed by atoms with Crippen molar-refractivity contribution < 1.29 is 29.2 Å². The van der Waals surface area contributed by atoms with E-state index in [-0.39, 0.29) is 6.61 Å². The Balaban J connectivity index is 1.74. The molecule has 2 aliphatic rings. The predicted octanol–water partition coefficient (Wildman–Crippen LogP) is 0.194. The van der Waals surface area contributed by atoms with Crippen molar-refractivity contribution in [3.8, 4) is 0 Å². The average Bonchev–Trinajstić information content (AvgIpc) is 2.51. The number of hydrogen-bond acceptors (Lipinski definition) is 6. The van der Waals surface area contributed by atoms with Crippen molar-refractivity contribution in [2.75, 3.05) is 13.7 Å². The van der Waals surface area contributed by atoms with Crippen LogP contribution in [0.4, 0.5) is 0 Å². The Morgan fingerprint density at radius 3 is 2.55 bits per heavy atom. The Kier molecular flexibility index (Phi) is 4.02. The van der Waals surface area contributed by atoms with Crippen LogP contribution in [-0.4, -0.2) is 54.6 Å². The van der Waals surface area contributed by atoms with Gasteiger partial charge in [-0.05, 0) is 0 Å². The first-order chi connectivity index (χ1) is 9.70. The zero-order valence-electron chi connectivity index (χ0n) is 11.1. The number of aliphatic hydroxyl groups is 2. The highest BCUT2D eigenvalue weighted by molar-refractivity contribution is 5.16. The molecule has 2 N–H and O–H groups in total. The van der Waals surface area contributed by atoms with Crippen LogP contribution >= 0.6 is 0 Å². The maximum absolute atomic E-state index is 10.1. The second-order valence-corrected chi connectivity index (χ2v) is 4.94. The summed E-state index contributed by atoms with van der Waals surface area (Å²) in [6.45, 7) is 0.272. The molecular weight excluding hydrogens is 264 g/mol. The fourth-order valence-electron chi connectivity index (χ4n) is 2.55. The topological polar surface area (TPSA) is 77.4 Å². The van der Waals surface area contributed by atoms with Crippen molar-refractivity contribution in [3.05, 3.63) is 35.9 Å². The average molecular weight is 282 g/mol. The third-order valence-electron chi connectivity index (χ3n) is 3.64. The summed E-state index contributed by atoms with van der Waals surface area (Å²) < 4.78 is 21.9. The van der Waals surface area contributed by atoms with Gasteiger partial charge in [0.05, 0.1) is 6.61 Å². The highest BCUT2D eigenvalue weighted by Gasteiger charge is 2.48. The van der Waals surface area contributed by atoms with Crippen molar-refractivity contribution >= 4 is 0 Å². The minimum Gasteiger partial charge on any atom is -0.387 e. The summed E-state index contributed by atoms with van der Waals surface area (Å²) in [7, 11) is 1.41. The smallest absolute Gasteiger partial charge is 0.186 e. The summed E-state index contributed by atoms with van der Waals surface area (Å²) in [5.41, 5.74) is 0.863. The number of aliphatic hydroxyl groups excluding tert-OH is 2. The Labute approximate surface area is 116 Å². The molecule has 2 fully saturated rings. The van der Waals surface area contributed by atoms with E-state index in [9.17, 15) is 10.2 Å². The zero-order chi connectivity index (χ0) is 14.1. The lowest BCUT2D eigenvalue weighted by atomic mass is 9.98. The van der Waals surface area contributed by atoms with E-state index in [4.69, 9.17) is 18.9 Å². The second kappa shape index (κ2) is 5.77. The number of ether oxygens (including phenoxy) is 4. The third-order valence-corrected chi connectivity index (χ3v) is 3.64. The minimum absolute atomic E-state index is 0.272. The maximum atomic E-state index is 10.1. The van der Waals surface area contributed by atoms with Crippen LogP contribution in [0.3, 0.4) is 0 Å². The molecule has 2 saturated heterocycles. The highest BCUT2D eigenvalue weighted by atomic mass is 16.7. The van der Waals surface area contributed by atoms with Gasteiger partial charge in [0.15, 0.2) is 12.6 Å². The number of rotatable bonds is 2. The van der Waals surface area contributed by atoms with E-state index in [2.05, 4.69) is 0 Å². The Morgan fingerprint density at radius 1 is 1.10 bits per heavy atom. The predicted molar refractivity (Wildman–Crippen MR) is 67.7 cm³/mol. The first-order valence-corrected chi connectivity index (χ1v) is 6.57. The largest absolute Gasteiger partial charge is 0.387 e.